The van der Waals surface area contributed by atoms with Crippen LogP contribution in [0.2, 0.25) is 0 Å². The van der Waals surface area contributed by atoms with Crippen molar-refractivity contribution < 1.29 is 14.3 Å². The van der Waals surface area contributed by atoms with E-state index >= 15 is 0 Å². The lowest BCUT2D eigenvalue weighted by molar-refractivity contribution is -0.122. The Morgan fingerprint density at radius 3 is 2.41 bits per heavy atom. The summed E-state index contributed by atoms with van der Waals surface area (Å²) in [5.41, 5.74) is 2.85. The number of carbonyl (C=O) groups excluding carboxylic acids is 1. The van der Waals surface area contributed by atoms with Crippen molar-refractivity contribution in [3.05, 3.63) is 28.8 Å². The van der Waals surface area contributed by atoms with Crippen LogP contribution in [-0.4, -0.2) is 31.8 Å². The van der Waals surface area contributed by atoms with Crippen LogP contribution in [0.3, 0.4) is 0 Å². The second-order valence-corrected chi connectivity index (χ2v) is 8.39. The van der Waals surface area contributed by atoms with Gasteiger partial charge in [0.05, 0.1) is 19.3 Å². The first-order valence-electron chi connectivity index (χ1n) is 9.59. The Bertz CT molecular complexity index is 703. The fourth-order valence-corrected chi connectivity index (χ4v) is 2.82. The molecule has 150 valence electrons. The van der Waals surface area contributed by atoms with Crippen LogP contribution >= 0.6 is 0 Å². The largest absolute Gasteiger partial charge is 0.496 e. The SMILES string of the molecule is CCOC(C)(C)CCC(=O)NCC#Cc1cc(C(C)(C)C)c(OC)cc1C. The number of nitrogens with one attached hydrogen (secondary N) is 1. The summed E-state index contributed by atoms with van der Waals surface area (Å²) in [7, 11) is 1.69. The van der Waals surface area contributed by atoms with Gasteiger partial charge in [0.15, 0.2) is 0 Å². The molecule has 4 nitrogen and oxygen atoms in total. The molecule has 0 aliphatic heterocycles. The first-order chi connectivity index (χ1) is 12.5. The summed E-state index contributed by atoms with van der Waals surface area (Å²) < 4.78 is 11.1. The van der Waals surface area contributed by atoms with Gasteiger partial charge < -0.3 is 14.8 Å². The zero-order valence-corrected chi connectivity index (χ0v) is 18.2. The molecule has 0 saturated heterocycles. The van der Waals surface area contributed by atoms with E-state index in [4.69, 9.17) is 9.47 Å². The number of aryl methyl sites for hydroxylation is 1. The molecule has 1 N–H and O–H groups in total. The van der Waals surface area contributed by atoms with Crippen molar-refractivity contribution in [3.8, 4) is 17.6 Å². The molecule has 1 rings (SSSR count). The van der Waals surface area contributed by atoms with Crippen molar-refractivity contribution >= 4 is 5.91 Å². The number of hydrogen-bond donors (Lipinski definition) is 1. The predicted molar refractivity (Wildman–Crippen MR) is 111 cm³/mol. The number of amides is 1. The number of benzene rings is 1. The van der Waals surface area contributed by atoms with E-state index in [0.29, 0.717) is 26.0 Å². The summed E-state index contributed by atoms with van der Waals surface area (Å²) in [4.78, 5) is 12.0. The minimum Gasteiger partial charge on any atom is -0.496 e. The topological polar surface area (TPSA) is 47.6 Å². The molecule has 0 aliphatic rings. The van der Waals surface area contributed by atoms with Gasteiger partial charge in [-0.25, -0.2) is 0 Å². The van der Waals surface area contributed by atoms with E-state index in [9.17, 15) is 4.79 Å². The number of hydrogen-bond acceptors (Lipinski definition) is 3. The monoisotopic (exact) mass is 373 g/mol. The Kier molecular flexibility index (Phi) is 8.37. The molecule has 27 heavy (non-hydrogen) atoms. The molecule has 0 unspecified atom stereocenters. The van der Waals surface area contributed by atoms with E-state index in [0.717, 1.165) is 22.4 Å². The maximum atomic E-state index is 12.0. The van der Waals surface area contributed by atoms with Crippen molar-refractivity contribution in [2.24, 2.45) is 0 Å². The van der Waals surface area contributed by atoms with Crippen molar-refractivity contribution in [2.75, 3.05) is 20.3 Å². The third-order valence-corrected chi connectivity index (χ3v) is 4.44. The first-order valence-corrected chi connectivity index (χ1v) is 9.59. The fourth-order valence-electron chi connectivity index (χ4n) is 2.82. The van der Waals surface area contributed by atoms with Crippen LogP contribution < -0.4 is 10.1 Å². The average molecular weight is 374 g/mol. The summed E-state index contributed by atoms with van der Waals surface area (Å²) in [5.74, 6) is 7.12. The van der Waals surface area contributed by atoms with E-state index in [1.54, 1.807) is 7.11 Å². The number of methoxy groups -OCH3 is 1. The van der Waals surface area contributed by atoms with E-state index in [-0.39, 0.29) is 16.9 Å². The van der Waals surface area contributed by atoms with Crippen molar-refractivity contribution in [1.29, 1.82) is 0 Å². The summed E-state index contributed by atoms with van der Waals surface area (Å²) in [6.07, 6.45) is 1.12. The second-order valence-electron chi connectivity index (χ2n) is 8.39. The predicted octanol–water partition coefficient (Wildman–Crippen LogP) is 4.36. The van der Waals surface area contributed by atoms with Crippen LogP contribution in [0.4, 0.5) is 0 Å². The molecule has 0 atom stereocenters. The molecule has 0 radical (unpaired) electrons. The molecule has 0 fully saturated rings. The summed E-state index contributed by atoms with van der Waals surface area (Å²) in [6.45, 7) is 15.4. The summed E-state index contributed by atoms with van der Waals surface area (Å²) in [5, 5.41) is 2.86. The minimum absolute atomic E-state index is 0.00101. The number of rotatable bonds is 7. The molecule has 1 amide bonds. The standard InChI is InChI=1S/C23H35NO3/c1-9-27-23(6,7)13-12-21(25)24-14-10-11-18-16-19(22(3,4)5)20(26-8)15-17(18)2/h15-16H,9,12-14H2,1-8H3,(H,24,25). The van der Waals surface area contributed by atoms with Gasteiger partial charge in [0.25, 0.3) is 0 Å². The lowest BCUT2D eigenvalue weighted by atomic mass is 9.84. The Balaban J connectivity index is 2.71. The molecule has 0 heterocycles. The normalized spacial score (nSPS) is 11.6. The van der Waals surface area contributed by atoms with Crippen LogP contribution in [-0.2, 0) is 14.9 Å². The lowest BCUT2D eigenvalue weighted by Crippen LogP contribution is -2.29. The quantitative estimate of drug-likeness (QED) is 0.722. The van der Waals surface area contributed by atoms with E-state index in [2.05, 4.69) is 44.0 Å². The van der Waals surface area contributed by atoms with Gasteiger partial charge in [0.1, 0.15) is 5.75 Å². The fraction of sp³-hybridized carbons (Fsp3) is 0.609. The van der Waals surface area contributed by atoms with Crippen LogP contribution in [0, 0.1) is 18.8 Å². The third kappa shape index (κ3) is 7.64. The Morgan fingerprint density at radius 1 is 1.19 bits per heavy atom. The molecule has 0 saturated carbocycles. The van der Waals surface area contributed by atoms with Gasteiger partial charge in [0.2, 0.25) is 5.91 Å². The second kappa shape index (κ2) is 9.80. The number of ether oxygens (including phenoxy) is 2. The lowest BCUT2D eigenvalue weighted by Gasteiger charge is -2.24. The molecular formula is C23H35NO3. The van der Waals surface area contributed by atoms with E-state index < -0.39 is 0 Å². The molecular weight excluding hydrogens is 338 g/mol. The maximum Gasteiger partial charge on any atom is 0.220 e. The van der Waals surface area contributed by atoms with E-state index in [1.165, 1.54) is 0 Å². The maximum absolute atomic E-state index is 12.0. The van der Waals surface area contributed by atoms with Crippen molar-refractivity contribution in [2.45, 2.75) is 72.3 Å². The highest BCUT2D eigenvalue weighted by molar-refractivity contribution is 5.76. The molecule has 1 aromatic rings. The Morgan fingerprint density at radius 2 is 1.85 bits per heavy atom. The van der Waals surface area contributed by atoms with Gasteiger partial charge in [-0.05, 0) is 57.2 Å². The van der Waals surface area contributed by atoms with Crippen molar-refractivity contribution in [1.82, 2.24) is 5.32 Å². The highest BCUT2D eigenvalue weighted by Gasteiger charge is 2.20. The van der Waals surface area contributed by atoms with E-state index in [1.807, 2.05) is 33.8 Å². The molecule has 1 aromatic carbocycles. The van der Waals surface area contributed by atoms with Crippen LogP contribution in [0.1, 0.15) is 71.1 Å². The van der Waals surface area contributed by atoms with Crippen LogP contribution in [0.5, 0.6) is 5.75 Å². The Labute approximate surface area is 165 Å². The summed E-state index contributed by atoms with van der Waals surface area (Å²) >= 11 is 0. The van der Waals surface area contributed by atoms with Gasteiger partial charge >= 0.3 is 0 Å². The highest BCUT2D eigenvalue weighted by atomic mass is 16.5. The van der Waals surface area contributed by atoms with Crippen molar-refractivity contribution in [3.63, 3.8) is 0 Å². The van der Waals surface area contributed by atoms with Gasteiger partial charge in [-0.15, -0.1) is 0 Å². The number of carbonyl (C=O) groups is 1. The third-order valence-electron chi connectivity index (χ3n) is 4.44. The summed E-state index contributed by atoms with van der Waals surface area (Å²) in [6, 6.07) is 4.12. The van der Waals surface area contributed by atoms with Gasteiger partial charge in [-0.2, -0.15) is 0 Å². The highest BCUT2D eigenvalue weighted by Crippen LogP contribution is 2.33. The molecule has 0 aliphatic carbocycles. The zero-order valence-electron chi connectivity index (χ0n) is 18.2. The van der Waals surface area contributed by atoms with Gasteiger partial charge in [-0.3, -0.25) is 4.79 Å². The average Bonchev–Trinajstić information content (AvgIpc) is 2.56. The van der Waals surface area contributed by atoms with Crippen LogP contribution in [0.15, 0.2) is 12.1 Å². The molecule has 0 bridgehead atoms. The first kappa shape index (κ1) is 23.0. The molecule has 4 heteroatoms. The van der Waals surface area contributed by atoms with Gasteiger partial charge in [-0.1, -0.05) is 32.6 Å². The smallest absolute Gasteiger partial charge is 0.220 e. The van der Waals surface area contributed by atoms with Gasteiger partial charge in [0, 0.05) is 24.2 Å². The molecule has 0 aromatic heterocycles. The molecule has 0 spiro atoms. The van der Waals surface area contributed by atoms with Crippen LogP contribution in [0.25, 0.3) is 0 Å². The Hall–Kier alpha value is -1.99. The minimum atomic E-state index is -0.276. The zero-order chi connectivity index (χ0) is 20.7.